The molecule has 0 saturated carbocycles. The van der Waals surface area contributed by atoms with Gasteiger partial charge in [0.05, 0.1) is 38.6 Å². The van der Waals surface area contributed by atoms with E-state index >= 15 is 0 Å². The van der Waals surface area contributed by atoms with E-state index in [0.29, 0.717) is 12.8 Å². The summed E-state index contributed by atoms with van der Waals surface area (Å²) in [4.78, 5) is 12.7. The molecule has 19 heteroatoms. The zero-order valence-electron chi connectivity index (χ0n) is 47.5. The molecule has 17 atom stereocenters. The number of nitrogens with one attached hydrogen (secondary N) is 1. The second-order valence-electron chi connectivity index (χ2n) is 22.5. The number of aliphatic hydroxyl groups is 11. The van der Waals surface area contributed by atoms with Crippen molar-refractivity contribution in [2.24, 2.45) is 0 Å². The van der Waals surface area contributed by atoms with Crippen LogP contribution in [0, 0.1) is 0 Å². The molecular formula is C58H111NO18. The van der Waals surface area contributed by atoms with Crippen LogP contribution in [0.4, 0.5) is 0 Å². The van der Waals surface area contributed by atoms with Crippen molar-refractivity contribution in [3.05, 3.63) is 0 Å². The molecule has 3 aliphatic rings. The van der Waals surface area contributed by atoms with Crippen LogP contribution in [0.3, 0.4) is 0 Å². The fourth-order valence-corrected chi connectivity index (χ4v) is 10.9. The van der Waals surface area contributed by atoms with Crippen LogP contribution in [0.25, 0.3) is 0 Å². The van der Waals surface area contributed by atoms with E-state index in [0.717, 1.165) is 25.7 Å². The predicted molar refractivity (Wildman–Crippen MR) is 291 cm³/mol. The first-order valence-corrected chi connectivity index (χ1v) is 30.8. The number of rotatable bonds is 46. The Morgan fingerprint density at radius 1 is 0.416 bits per heavy atom. The summed E-state index contributed by atoms with van der Waals surface area (Å²) in [5.41, 5.74) is 0. The van der Waals surface area contributed by atoms with E-state index in [1.165, 1.54) is 173 Å². The Hall–Kier alpha value is -1.21. The van der Waals surface area contributed by atoms with Gasteiger partial charge in [-0.25, -0.2) is 0 Å². The van der Waals surface area contributed by atoms with Crippen LogP contribution in [-0.2, 0) is 33.2 Å². The van der Waals surface area contributed by atoms with Gasteiger partial charge in [-0.3, -0.25) is 4.79 Å². The zero-order chi connectivity index (χ0) is 56.2. The third-order valence-corrected chi connectivity index (χ3v) is 15.9. The van der Waals surface area contributed by atoms with E-state index in [2.05, 4.69) is 12.2 Å². The molecule has 77 heavy (non-hydrogen) atoms. The molecule has 0 aromatic heterocycles. The third-order valence-electron chi connectivity index (χ3n) is 15.9. The summed E-state index contributed by atoms with van der Waals surface area (Å²) in [6.45, 7) is 1.44. The number of ether oxygens (including phenoxy) is 6. The molecule has 3 aliphatic heterocycles. The zero-order valence-corrected chi connectivity index (χ0v) is 47.5. The van der Waals surface area contributed by atoms with Gasteiger partial charge in [-0.05, 0) is 12.8 Å². The summed E-state index contributed by atoms with van der Waals surface area (Å²) in [5.74, 6) is -0.293. The Bertz CT molecular complexity index is 1420. The van der Waals surface area contributed by atoms with Crippen molar-refractivity contribution >= 4 is 5.91 Å². The first-order chi connectivity index (χ1) is 37.3. The number of carbonyl (C=O) groups excluding carboxylic acids is 1. The van der Waals surface area contributed by atoms with Gasteiger partial charge in [0.25, 0.3) is 0 Å². The van der Waals surface area contributed by atoms with E-state index in [1.54, 1.807) is 0 Å². The second-order valence-corrected chi connectivity index (χ2v) is 22.5. The van der Waals surface area contributed by atoms with E-state index < -0.39 is 124 Å². The molecule has 0 radical (unpaired) electrons. The molecule has 1 amide bonds. The molecule has 456 valence electrons. The van der Waals surface area contributed by atoms with Crippen molar-refractivity contribution in [1.82, 2.24) is 5.32 Å². The largest absolute Gasteiger partial charge is 0.394 e. The standard InChI is InChI=1S/C58H111NO18/c1-3-5-6-7-8-9-10-11-12-13-14-15-16-17-18-19-20-21-22-23-24-25-26-27-28-29-30-31-32-33-34-36-42(63)41(59-46(64)35-4-2)40-72-56-52(70)49(67)54(44(38-61)74-56)77-58-53(71)50(68)55(45(39-62)75-58)76-57-51(69)48(66)47(65)43(37-60)73-57/h41-45,47-58,60-63,65-71H,3-40H2,1-2H3,(H,59,64). The van der Waals surface area contributed by atoms with Crippen LogP contribution in [-0.4, -0.2) is 193 Å². The molecule has 3 rings (SSSR count). The SMILES string of the molecule is CCCCCCCCCCCCCCCCCCCCCCCCCCCCCCCCCC(O)C(COC1OC(CO)C(OC2OC(CO)C(OC3OC(CO)C(O)C(O)C3O)C(O)C2O)C(O)C1O)NC(=O)CCC. The van der Waals surface area contributed by atoms with Gasteiger partial charge in [-0.15, -0.1) is 0 Å². The van der Waals surface area contributed by atoms with E-state index in [1.807, 2.05) is 6.92 Å². The Morgan fingerprint density at radius 2 is 0.740 bits per heavy atom. The highest BCUT2D eigenvalue weighted by atomic mass is 16.8. The average molecular weight is 1110 g/mol. The Labute approximate surface area is 462 Å². The summed E-state index contributed by atoms with van der Waals surface area (Å²) < 4.78 is 34.0. The molecule has 3 fully saturated rings. The van der Waals surface area contributed by atoms with E-state index in [4.69, 9.17) is 28.4 Å². The molecule has 0 aliphatic carbocycles. The molecule has 3 heterocycles. The third kappa shape index (κ3) is 26.7. The molecular weight excluding hydrogens is 999 g/mol. The van der Waals surface area contributed by atoms with E-state index in [9.17, 15) is 61.0 Å². The van der Waals surface area contributed by atoms with Gasteiger partial charge in [0.15, 0.2) is 18.9 Å². The van der Waals surface area contributed by atoms with Crippen molar-refractivity contribution in [2.45, 2.75) is 336 Å². The van der Waals surface area contributed by atoms with Crippen molar-refractivity contribution in [3.63, 3.8) is 0 Å². The molecule has 19 nitrogen and oxygen atoms in total. The highest BCUT2D eigenvalue weighted by Gasteiger charge is 2.53. The monoisotopic (exact) mass is 1110 g/mol. The number of carbonyl (C=O) groups is 1. The molecule has 0 spiro atoms. The maximum absolute atomic E-state index is 12.7. The van der Waals surface area contributed by atoms with Gasteiger partial charge < -0.3 is 89.9 Å². The Morgan fingerprint density at radius 3 is 1.10 bits per heavy atom. The normalized spacial score (nSPS) is 30.6. The maximum Gasteiger partial charge on any atom is 0.220 e. The van der Waals surface area contributed by atoms with Crippen LogP contribution in [0.15, 0.2) is 0 Å². The van der Waals surface area contributed by atoms with Gasteiger partial charge in [0.2, 0.25) is 5.91 Å². The lowest BCUT2D eigenvalue weighted by molar-refractivity contribution is -0.379. The van der Waals surface area contributed by atoms with Crippen LogP contribution < -0.4 is 5.32 Å². The molecule has 3 saturated heterocycles. The number of amides is 1. The molecule has 12 N–H and O–H groups in total. The van der Waals surface area contributed by atoms with E-state index in [-0.39, 0.29) is 18.9 Å². The average Bonchev–Trinajstić information content (AvgIpc) is 3.43. The minimum absolute atomic E-state index is 0.220. The number of aliphatic hydroxyl groups excluding tert-OH is 11. The van der Waals surface area contributed by atoms with Gasteiger partial charge in [0.1, 0.15) is 73.2 Å². The minimum Gasteiger partial charge on any atom is -0.394 e. The maximum atomic E-state index is 12.7. The number of hydrogen-bond donors (Lipinski definition) is 12. The molecule has 0 bridgehead atoms. The van der Waals surface area contributed by atoms with Crippen LogP contribution >= 0.6 is 0 Å². The summed E-state index contributed by atoms with van der Waals surface area (Å²) >= 11 is 0. The lowest BCUT2D eigenvalue weighted by Gasteiger charge is -2.48. The number of unbranched alkanes of at least 4 members (excludes halogenated alkanes) is 30. The minimum atomic E-state index is -1.97. The summed E-state index contributed by atoms with van der Waals surface area (Å²) in [6.07, 6.45) is 15.8. The lowest BCUT2D eigenvalue weighted by Crippen LogP contribution is -2.66. The Balaban J connectivity index is 1.25. The van der Waals surface area contributed by atoms with Gasteiger partial charge >= 0.3 is 0 Å². The predicted octanol–water partition coefficient (Wildman–Crippen LogP) is 5.60. The van der Waals surface area contributed by atoms with Crippen LogP contribution in [0.1, 0.15) is 232 Å². The van der Waals surface area contributed by atoms with Crippen molar-refractivity contribution in [1.29, 1.82) is 0 Å². The number of hydrogen-bond acceptors (Lipinski definition) is 18. The molecule has 0 aromatic carbocycles. The van der Waals surface area contributed by atoms with Gasteiger partial charge in [-0.1, -0.05) is 213 Å². The molecule has 0 aromatic rings. The fraction of sp³-hybridized carbons (Fsp3) is 0.983. The topological polar surface area (TPSA) is 307 Å². The quantitative estimate of drug-likeness (QED) is 0.0330. The summed E-state index contributed by atoms with van der Waals surface area (Å²) in [5, 5.41) is 119. The fourth-order valence-electron chi connectivity index (χ4n) is 10.9. The smallest absolute Gasteiger partial charge is 0.220 e. The van der Waals surface area contributed by atoms with Crippen molar-refractivity contribution < 1.29 is 89.4 Å². The van der Waals surface area contributed by atoms with Crippen LogP contribution in [0.2, 0.25) is 0 Å². The first-order valence-electron chi connectivity index (χ1n) is 30.8. The van der Waals surface area contributed by atoms with Crippen molar-refractivity contribution in [2.75, 3.05) is 26.4 Å². The van der Waals surface area contributed by atoms with Gasteiger partial charge in [0, 0.05) is 6.42 Å². The first kappa shape index (κ1) is 70.1. The van der Waals surface area contributed by atoms with Crippen LogP contribution in [0.5, 0.6) is 0 Å². The summed E-state index contributed by atoms with van der Waals surface area (Å²) in [6, 6.07) is -0.877. The highest BCUT2D eigenvalue weighted by molar-refractivity contribution is 5.76. The van der Waals surface area contributed by atoms with Gasteiger partial charge in [-0.2, -0.15) is 0 Å². The lowest BCUT2D eigenvalue weighted by atomic mass is 9.96. The second kappa shape index (κ2) is 42.6. The Kier molecular flexibility index (Phi) is 38.7. The van der Waals surface area contributed by atoms with Crippen molar-refractivity contribution in [3.8, 4) is 0 Å². The highest BCUT2D eigenvalue weighted by Crippen LogP contribution is 2.33. The molecule has 17 unspecified atom stereocenters. The summed E-state index contributed by atoms with van der Waals surface area (Å²) in [7, 11) is 0.